The molecule has 16 heavy (non-hydrogen) atoms. The van der Waals surface area contributed by atoms with Crippen LogP contribution in [-0.4, -0.2) is 35.1 Å². The number of nitrogens with two attached hydrogens (primary N) is 1. The smallest absolute Gasteiger partial charge is 0.125 e. The lowest BCUT2D eigenvalue weighted by Crippen LogP contribution is -2.39. The van der Waals surface area contributed by atoms with Crippen LogP contribution in [0.2, 0.25) is 0 Å². The maximum absolute atomic E-state index is 9.62. The topological polar surface area (TPSA) is 86.2 Å². The predicted molar refractivity (Wildman–Crippen MR) is 62.7 cm³/mol. The summed E-state index contributed by atoms with van der Waals surface area (Å²) < 4.78 is 0. The minimum absolute atomic E-state index is 0.0393. The first-order valence-corrected chi connectivity index (χ1v) is 5.40. The molecule has 0 radical (unpaired) electrons. The van der Waals surface area contributed by atoms with Gasteiger partial charge in [-0.3, -0.25) is 10.4 Å². The minimum Gasteiger partial charge on any atom is -0.391 e. The highest BCUT2D eigenvalue weighted by molar-refractivity contribution is 6.00. The van der Waals surface area contributed by atoms with Gasteiger partial charge in [-0.25, -0.2) is 0 Å². The Morgan fingerprint density at radius 3 is 3.12 bits per heavy atom. The molecule has 1 aromatic heterocycles. The third kappa shape index (κ3) is 2.14. The molecule has 1 unspecified atom stereocenters. The van der Waals surface area contributed by atoms with Gasteiger partial charge in [0.1, 0.15) is 5.84 Å². The number of aliphatic hydroxyl groups is 1. The summed E-state index contributed by atoms with van der Waals surface area (Å²) in [5.74, 6) is 0.0393. The molecule has 1 aliphatic rings. The first-order valence-electron chi connectivity index (χ1n) is 5.40. The first-order chi connectivity index (χ1) is 7.68. The number of anilines is 1. The molecular weight excluding hydrogens is 204 g/mol. The van der Waals surface area contributed by atoms with Crippen molar-refractivity contribution in [2.75, 3.05) is 18.0 Å². The number of amidine groups is 1. The van der Waals surface area contributed by atoms with Gasteiger partial charge in [-0.05, 0) is 18.9 Å². The van der Waals surface area contributed by atoms with Crippen molar-refractivity contribution in [1.29, 1.82) is 5.41 Å². The van der Waals surface area contributed by atoms with Crippen molar-refractivity contribution in [2.45, 2.75) is 18.9 Å². The van der Waals surface area contributed by atoms with E-state index < -0.39 is 0 Å². The highest BCUT2D eigenvalue weighted by Crippen LogP contribution is 2.22. The summed E-state index contributed by atoms with van der Waals surface area (Å²) in [5, 5.41) is 17.1. The predicted octanol–water partition coefficient (Wildman–Crippen LogP) is 0.327. The molecule has 0 bridgehead atoms. The zero-order valence-electron chi connectivity index (χ0n) is 9.06. The average Bonchev–Trinajstić information content (AvgIpc) is 2.29. The van der Waals surface area contributed by atoms with Crippen LogP contribution in [0, 0.1) is 5.41 Å². The number of aromatic nitrogens is 1. The van der Waals surface area contributed by atoms with Gasteiger partial charge in [0.15, 0.2) is 0 Å². The Hall–Kier alpha value is -1.62. The van der Waals surface area contributed by atoms with E-state index in [4.69, 9.17) is 11.1 Å². The van der Waals surface area contributed by atoms with Crippen LogP contribution in [-0.2, 0) is 0 Å². The summed E-state index contributed by atoms with van der Waals surface area (Å²) >= 11 is 0. The van der Waals surface area contributed by atoms with E-state index in [0.29, 0.717) is 12.1 Å². The fraction of sp³-hybridized carbons (Fsp3) is 0.455. The van der Waals surface area contributed by atoms with Crippen LogP contribution in [0.5, 0.6) is 0 Å². The van der Waals surface area contributed by atoms with Gasteiger partial charge in [0.25, 0.3) is 0 Å². The SMILES string of the molecule is N=C(N)c1ccncc1N1CCCC(O)C1. The van der Waals surface area contributed by atoms with Crippen molar-refractivity contribution in [3.8, 4) is 0 Å². The molecule has 5 heteroatoms. The molecular formula is C11H16N4O. The fourth-order valence-corrected chi connectivity index (χ4v) is 2.04. The molecule has 0 saturated carbocycles. The number of rotatable bonds is 2. The number of nitrogen functional groups attached to an aromatic ring is 1. The second kappa shape index (κ2) is 4.49. The quantitative estimate of drug-likeness (QED) is 0.495. The van der Waals surface area contributed by atoms with Crippen molar-refractivity contribution >= 4 is 11.5 Å². The molecule has 1 aromatic rings. The summed E-state index contributed by atoms with van der Waals surface area (Å²) in [6.45, 7) is 1.47. The van der Waals surface area contributed by atoms with Crippen molar-refractivity contribution in [1.82, 2.24) is 4.98 Å². The first kappa shape index (κ1) is 10.9. The molecule has 0 amide bonds. The number of aliphatic hydroxyl groups excluding tert-OH is 1. The van der Waals surface area contributed by atoms with E-state index in [1.165, 1.54) is 0 Å². The Labute approximate surface area is 94.4 Å². The largest absolute Gasteiger partial charge is 0.391 e. The number of nitrogens with one attached hydrogen (secondary N) is 1. The van der Waals surface area contributed by atoms with E-state index in [0.717, 1.165) is 25.1 Å². The van der Waals surface area contributed by atoms with Gasteiger partial charge in [-0.1, -0.05) is 0 Å². The number of β-amino-alcohol motifs (C(OH)–C–C–N with tert-alkyl or cyclic N) is 1. The van der Waals surface area contributed by atoms with Gasteiger partial charge in [0.2, 0.25) is 0 Å². The van der Waals surface area contributed by atoms with E-state index >= 15 is 0 Å². The van der Waals surface area contributed by atoms with Gasteiger partial charge < -0.3 is 15.7 Å². The number of piperidine rings is 1. The average molecular weight is 220 g/mol. The van der Waals surface area contributed by atoms with Crippen LogP contribution in [0.15, 0.2) is 18.5 Å². The van der Waals surface area contributed by atoms with Gasteiger partial charge in [-0.2, -0.15) is 0 Å². The van der Waals surface area contributed by atoms with E-state index in [2.05, 4.69) is 4.98 Å². The van der Waals surface area contributed by atoms with Crippen molar-refractivity contribution in [3.63, 3.8) is 0 Å². The highest BCUT2D eigenvalue weighted by Gasteiger charge is 2.20. The lowest BCUT2D eigenvalue weighted by Gasteiger charge is -2.32. The lowest BCUT2D eigenvalue weighted by atomic mass is 10.1. The van der Waals surface area contributed by atoms with E-state index in [1.54, 1.807) is 18.5 Å². The highest BCUT2D eigenvalue weighted by atomic mass is 16.3. The summed E-state index contributed by atoms with van der Waals surface area (Å²) in [6.07, 6.45) is 4.82. The molecule has 86 valence electrons. The van der Waals surface area contributed by atoms with Crippen LogP contribution < -0.4 is 10.6 Å². The standard InChI is InChI=1S/C11H16N4O/c12-11(13)9-3-4-14-6-10(9)15-5-1-2-8(16)7-15/h3-4,6,8,16H,1-2,5,7H2,(H3,12,13). The molecule has 1 aliphatic heterocycles. The van der Waals surface area contributed by atoms with E-state index in [1.807, 2.05) is 4.90 Å². The van der Waals surface area contributed by atoms with Crippen molar-refractivity contribution in [3.05, 3.63) is 24.0 Å². The Balaban J connectivity index is 2.28. The molecule has 1 fully saturated rings. The zero-order valence-corrected chi connectivity index (χ0v) is 9.06. The second-order valence-electron chi connectivity index (χ2n) is 4.05. The zero-order chi connectivity index (χ0) is 11.5. The number of pyridine rings is 1. The van der Waals surface area contributed by atoms with Crippen LogP contribution in [0.1, 0.15) is 18.4 Å². The monoisotopic (exact) mass is 220 g/mol. The molecule has 0 aromatic carbocycles. The molecule has 0 spiro atoms. The number of hydrogen-bond donors (Lipinski definition) is 3. The molecule has 1 saturated heterocycles. The minimum atomic E-state index is -0.297. The summed E-state index contributed by atoms with van der Waals surface area (Å²) in [7, 11) is 0. The van der Waals surface area contributed by atoms with Crippen LogP contribution in [0.4, 0.5) is 5.69 Å². The van der Waals surface area contributed by atoms with Gasteiger partial charge in [0.05, 0.1) is 18.0 Å². The van der Waals surface area contributed by atoms with Crippen LogP contribution >= 0.6 is 0 Å². The summed E-state index contributed by atoms with van der Waals surface area (Å²) in [6, 6.07) is 1.73. The Kier molecular flexibility index (Phi) is 3.05. The van der Waals surface area contributed by atoms with E-state index in [9.17, 15) is 5.11 Å². The van der Waals surface area contributed by atoms with Crippen LogP contribution in [0.3, 0.4) is 0 Å². The number of hydrogen-bond acceptors (Lipinski definition) is 4. The summed E-state index contributed by atoms with van der Waals surface area (Å²) in [5.41, 5.74) is 7.05. The Morgan fingerprint density at radius 2 is 2.44 bits per heavy atom. The van der Waals surface area contributed by atoms with E-state index in [-0.39, 0.29) is 11.9 Å². The molecule has 2 heterocycles. The maximum Gasteiger partial charge on any atom is 0.125 e. The second-order valence-corrected chi connectivity index (χ2v) is 4.05. The lowest BCUT2D eigenvalue weighted by molar-refractivity contribution is 0.154. The van der Waals surface area contributed by atoms with Crippen LogP contribution in [0.25, 0.3) is 0 Å². The molecule has 0 aliphatic carbocycles. The normalized spacial score (nSPS) is 20.8. The molecule has 2 rings (SSSR count). The van der Waals surface area contributed by atoms with Crippen molar-refractivity contribution < 1.29 is 5.11 Å². The molecule has 5 nitrogen and oxygen atoms in total. The Morgan fingerprint density at radius 1 is 1.62 bits per heavy atom. The third-order valence-electron chi connectivity index (χ3n) is 2.83. The Bertz CT molecular complexity index is 393. The molecule has 4 N–H and O–H groups in total. The van der Waals surface area contributed by atoms with Gasteiger partial charge >= 0.3 is 0 Å². The van der Waals surface area contributed by atoms with Gasteiger partial charge in [0, 0.05) is 24.8 Å². The third-order valence-corrected chi connectivity index (χ3v) is 2.83. The number of nitrogens with zero attached hydrogens (tertiary/aromatic N) is 2. The fourth-order valence-electron chi connectivity index (χ4n) is 2.04. The van der Waals surface area contributed by atoms with Crippen molar-refractivity contribution in [2.24, 2.45) is 5.73 Å². The van der Waals surface area contributed by atoms with Gasteiger partial charge in [-0.15, -0.1) is 0 Å². The molecule has 1 atom stereocenters. The maximum atomic E-state index is 9.62. The summed E-state index contributed by atoms with van der Waals surface area (Å²) in [4.78, 5) is 6.09.